The lowest BCUT2D eigenvalue weighted by Crippen LogP contribution is -2.33. The van der Waals surface area contributed by atoms with E-state index in [-0.39, 0.29) is 18.0 Å². The Bertz CT molecular complexity index is 1520. The predicted octanol–water partition coefficient (Wildman–Crippen LogP) is 3.76. The Balaban J connectivity index is 1.51. The zero-order valence-corrected chi connectivity index (χ0v) is 18.4. The minimum Gasteiger partial charge on any atom is -0.350 e. The summed E-state index contributed by atoms with van der Waals surface area (Å²) in [5.74, 6) is -0.301. The topological polar surface area (TPSA) is 81.8 Å². The van der Waals surface area contributed by atoms with E-state index in [4.69, 9.17) is 11.6 Å². The number of rotatable bonds is 6. The van der Waals surface area contributed by atoms with Gasteiger partial charge in [-0.15, -0.1) is 0 Å². The average molecular weight is 458 g/mol. The van der Waals surface area contributed by atoms with Crippen LogP contribution in [0.25, 0.3) is 21.8 Å². The van der Waals surface area contributed by atoms with Gasteiger partial charge in [0.05, 0.1) is 6.20 Å². The highest BCUT2D eigenvalue weighted by molar-refractivity contribution is 6.30. The molecule has 1 amide bonds. The monoisotopic (exact) mass is 457 g/mol. The molecule has 2 aromatic carbocycles. The van der Waals surface area contributed by atoms with Crippen LogP contribution in [0.4, 0.5) is 0 Å². The first kappa shape index (κ1) is 20.9. The van der Waals surface area contributed by atoms with E-state index in [9.17, 15) is 9.59 Å². The second kappa shape index (κ2) is 8.88. The first-order valence-corrected chi connectivity index (χ1v) is 10.8. The van der Waals surface area contributed by atoms with E-state index in [0.717, 1.165) is 27.4 Å². The van der Waals surface area contributed by atoms with E-state index in [2.05, 4.69) is 15.4 Å². The van der Waals surface area contributed by atoms with Gasteiger partial charge < -0.3 is 9.88 Å². The number of benzene rings is 2. The summed E-state index contributed by atoms with van der Waals surface area (Å²) in [6.45, 7) is 0.628. The molecule has 0 unspecified atom stereocenters. The highest BCUT2D eigenvalue weighted by atomic mass is 35.5. The third kappa shape index (κ3) is 4.23. The van der Waals surface area contributed by atoms with Crippen molar-refractivity contribution in [2.45, 2.75) is 19.6 Å². The molecule has 0 spiro atoms. The summed E-state index contributed by atoms with van der Waals surface area (Å²) in [7, 11) is 0. The molecule has 3 heterocycles. The lowest BCUT2D eigenvalue weighted by atomic mass is 10.2. The van der Waals surface area contributed by atoms with Crippen molar-refractivity contribution < 1.29 is 4.79 Å². The fourth-order valence-electron chi connectivity index (χ4n) is 3.98. The van der Waals surface area contributed by atoms with Gasteiger partial charge in [-0.3, -0.25) is 14.6 Å². The first-order chi connectivity index (χ1) is 16.1. The maximum absolute atomic E-state index is 13.4. The van der Waals surface area contributed by atoms with Crippen molar-refractivity contribution in [2.75, 3.05) is 0 Å². The maximum Gasteiger partial charge on any atom is 0.291 e. The zero-order chi connectivity index (χ0) is 22.8. The van der Waals surface area contributed by atoms with Crippen molar-refractivity contribution in [1.82, 2.24) is 24.6 Å². The first-order valence-electron chi connectivity index (χ1n) is 10.5. The van der Waals surface area contributed by atoms with E-state index in [1.807, 2.05) is 59.2 Å². The Kier molecular flexibility index (Phi) is 5.62. The number of nitrogens with zero attached hydrogens (tertiary/aromatic N) is 4. The maximum atomic E-state index is 13.4. The Hall–Kier alpha value is -3.97. The molecule has 0 radical (unpaired) electrons. The van der Waals surface area contributed by atoms with Gasteiger partial charge in [-0.2, -0.15) is 5.10 Å². The number of halogens is 1. The Morgan fingerprint density at radius 1 is 0.970 bits per heavy atom. The molecular weight excluding hydrogens is 438 g/mol. The molecular formula is C25H20ClN5O2. The van der Waals surface area contributed by atoms with Crippen LogP contribution in [0.5, 0.6) is 0 Å². The van der Waals surface area contributed by atoms with Crippen LogP contribution in [-0.2, 0) is 24.4 Å². The predicted molar refractivity (Wildman–Crippen MR) is 128 cm³/mol. The Morgan fingerprint density at radius 2 is 1.82 bits per heavy atom. The SMILES string of the molecule is O=C(Cn1ncc2c3ccccc3n(Cc3cccc(Cl)c3)c2c1=O)NCc1cccnc1. The molecule has 0 fully saturated rings. The van der Waals surface area contributed by atoms with E-state index in [1.165, 1.54) is 4.68 Å². The number of nitrogens with one attached hydrogen (secondary N) is 1. The molecule has 0 aliphatic carbocycles. The van der Waals surface area contributed by atoms with Crippen LogP contribution in [0.1, 0.15) is 11.1 Å². The summed E-state index contributed by atoms with van der Waals surface area (Å²) in [6.07, 6.45) is 5.01. The molecule has 0 aliphatic heterocycles. The van der Waals surface area contributed by atoms with Gasteiger partial charge in [0.1, 0.15) is 12.1 Å². The largest absolute Gasteiger partial charge is 0.350 e. The number of carbonyl (C=O) groups excluding carboxylic acids is 1. The summed E-state index contributed by atoms with van der Waals surface area (Å²) in [5.41, 5.74) is 2.96. The minimum atomic E-state index is -0.317. The molecule has 33 heavy (non-hydrogen) atoms. The summed E-state index contributed by atoms with van der Waals surface area (Å²) in [4.78, 5) is 30.0. The molecule has 5 aromatic rings. The molecule has 0 bridgehead atoms. The molecule has 1 N–H and O–H groups in total. The van der Waals surface area contributed by atoms with Crippen molar-refractivity contribution in [3.63, 3.8) is 0 Å². The van der Waals surface area contributed by atoms with E-state index < -0.39 is 0 Å². The van der Waals surface area contributed by atoms with Crippen LogP contribution < -0.4 is 10.9 Å². The third-order valence-electron chi connectivity index (χ3n) is 5.51. The molecule has 0 aliphatic rings. The number of para-hydroxylation sites is 1. The highest BCUT2D eigenvalue weighted by Crippen LogP contribution is 2.27. The van der Waals surface area contributed by atoms with E-state index >= 15 is 0 Å². The summed E-state index contributed by atoms with van der Waals surface area (Å²) in [6, 6.07) is 19.1. The quantitative estimate of drug-likeness (QED) is 0.421. The number of carbonyl (C=O) groups is 1. The van der Waals surface area contributed by atoms with Gasteiger partial charge in [0.15, 0.2) is 0 Å². The van der Waals surface area contributed by atoms with Crippen LogP contribution in [0.3, 0.4) is 0 Å². The number of hydrogen-bond acceptors (Lipinski definition) is 4. The smallest absolute Gasteiger partial charge is 0.291 e. The zero-order valence-electron chi connectivity index (χ0n) is 17.6. The summed E-state index contributed by atoms with van der Waals surface area (Å²) < 4.78 is 3.17. The second-order valence-corrected chi connectivity index (χ2v) is 8.18. The van der Waals surface area contributed by atoms with Gasteiger partial charge in [0.25, 0.3) is 5.56 Å². The van der Waals surface area contributed by atoms with E-state index in [0.29, 0.717) is 23.6 Å². The number of amides is 1. The highest BCUT2D eigenvalue weighted by Gasteiger charge is 2.17. The fourth-order valence-corrected chi connectivity index (χ4v) is 4.20. The lowest BCUT2D eigenvalue weighted by molar-refractivity contribution is -0.122. The number of hydrogen-bond donors (Lipinski definition) is 1. The van der Waals surface area contributed by atoms with Crippen molar-refractivity contribution >= 4 is 39.3 Å². The van der Waals surface area contributed by atoms with Gasteiger partial charge in [-0.1, -0.05) is 48.0 Å². The van der Waals surface area contributed by atoms with Crippen molar-refractivity contribution in [1.29, 1.82) is 0 Å². The van der Waals surface area contributed by atoms with Gasteiger partial charge in [-0.25, -0.2) is 4.68 Å². The molecule has 3 aromatic heterocycles. The number of pyridine rings is 1. The van der Waals surface area contributed by atoms with Crippen LogP contribution in [0.2, 0.25) is 5.02 Å². The minimum absolute atomic E-state index is 0.173. The van der Waals surface area contributed by atoms with E-state index in [1.54, 1.807) is 24.7 Å². The van der Waals surface area contributed by atoms with Gasteiger partial charge in [-0.05, 0) is 35.4 Å². The molecule has 0 saturated carbocycles. The van der Waals surface area contributed by atoms with Crippen LogP contribution in [0, 0.1) is 0 Å². The summed E-state index contributed by atoms with van der Waals surface area (Å²) in [5, 5.41) is 9.42. The van der Waals surface area contributed by atoms with Crippen LogP contribution in [-0.4, -0.2) is 25.2 Å². The second-order valence-electron chi connectivity index (χ2n) is 7.74. The molecule has 0 atom stereocenters. The third-order valence-corrected chi connectivity index (χ3v) is 5.74. The molecule has 164 valence electrons. The molecule has 0 saturated heterocycles. The Morgan fingerprint density at radius 3 is 2.64 bits per heavy atom. The molecule has 5 rings (SSSR count). The normalized spacial score (nSPS) is 11.2. The van der Waals surface area contributed by atoms with Crippen LogP contribution in [0.15, 0.2) is 84.0 Å². The fraction of sp³-hybridized carbons (Fsp3) is 0.120. The standard InChI is InChI=1S/C25H20ClN5O2/c26-19-7-3-5-17(11-19)15-30-22-9-2-1-8-20(22)21-14-29-31(25(33)24(21)30)16-23(32)28-13-18-6-4-10-27-12-18/h1-12,14H,13,15-16H2,(H,28,32). The molecule has 7 nitrogen and oxygen atoms in total. The molecule has 8 heteroatoms. The average Bonchev–Trinajstić information content (AvgIpc) is 3.14. The summed E-state index contributed by atoms with van der Waals surface area (Å²) >= 11 is 6.18. The van der Waals surface area contributed by atoms with Crippen molar-refractivity contribution in [3.8, 4) is 0 Å². The van der Waals surface area contributed by atoms with Gasteiger partial charge in [0.2, 0.25) is 5.91 Å². The number of aromatic nitrogens is 4. The van der Waals surface area contributed by atoms with Crippen molar-refractivity contribution in [3.05, 3.63) is 106 Å². The van der Waals surface area contributed by atoms with Gasteiger partial charge in [0, 0.05) is 46.8 Å². The lowest BCUT2D eigenvalue weighted by Gasteiger charge is -2.10. The number of fused-ring (bicyclic) bond motifs is 3. The van der Waals surface area contributed by atoms with Gasteiger partial charge >= 0.3 is 0 Å². The Labute approximate surface area is 194 Å². The van der Waals surface area contributed by atoms with Crippen molar-refractivity contribution in [2.24, 2.45) is 0 Å². The van der Waals surface area contributed by atoms with Crippen LogP contribution >= 0.6 is 11.6 Å².